The predicted octanol–water partition coefficient (Wildman–Crippen LogP) is 5.09. The number of rotatable bonds is 7. The fourth-order valence-electron chi connectivity index (χ4n) is 3.18. The highest BCUT2D eigenvalue weighted by Crippen LogP contribution is 2.26. The molecule has 0 saturated heterocycles. The van der Waals surface area contributed by atoms with Gasteiger partial charge in [0.2, 0.25) is 0 Å². The Morgan fingerprint density at radius 3 is 2.53 bits per heavy atom. The van der Waals surface area contributed by atoms with Crippen LogP contribution in [-0.4, -0.2) is 17.0 Å². The number of nitrogens with one attached hydrogen (secondary N) is 1. The SMILES string of the molecule is O=C(NN=Cc1cccc([N+](=O)[O-])c1)c1ccc(COc2cccc3ccccc23)cc1. The van der Waals surface area contributed by atoms with E-state index in [0.29, 0.717) is 17.7 Å². The number of hydrazone groups is 1. The minimum Gasteiger partial charge on any atom is -0.488 e. The minimum atomic E-state index is -0.485. The average molecular weight is 425 g/mol. The number of nitro benzene ring substituents is 1. The van der Waals surface area contributed by atoms with Crippen molar-refractivity contribution in [2.45, 2.75) is 6.61 Å². The van der Waals surface area contributed by atoms with E-state index in [0.717, 1.165) is 22.1 Å². The zero-order chi connectivity index (χ0) is 22.3. The van der Waals surface area contributed by atoms with Gasteiger partial charge in [0.05, 0.1) is 11.1 Å². The highest BCUT2D eigenvalue weighted by Gasteiger charge is 2.07. The maximum Gasteiger partial charge on any atom is 0.271 e. The van der Waals surface area contributed by atoms with E-state index in [9.17, 15) is 14.9 Å². The molecule has 0 spiro atoms. The summed E-state index contributed by atoms with van der Waals surface area (Å²) in [6, 6.07) is 27.0. The molecule has 0 aliphatic carbocycles. The van der Waals surface area contributed by atoms with Gasteiger partial charge in [-0.25, -0.2) is 5.43 Å². The number of carbonyl (C=O) groups is 1. The van der Waals surface area contributed by atoms with Gasteiger partial charge in [-0.2, -0.15) is 5.10 Å². The third-order valence-electron chi connectivity index (χ3n) is 4.82. The summed E-state index contributed by atoms with van der Waals surface area (Å²) in [5.74, 6) is 0.425. The monoisotopic (exact) mass is 425 g/mol. The molecule has 7 heteroatoms. The summed E-state index contributed by atoms with van der Waals surface area (Å²) >= 11 is 0. The largest absolute Gasteiger partial charge is 0.488 e. The maximum atomic E-state index is 12.3. The summed E-state index contributed by atoms with van der Waals surface area (Å²) in [5, 5.41) is 16.9. The van der Waals surface area contributed by atoms with Gasteiger partial charge < -0.3 is 4.74 Å². The lowest BCUT2D eigenvalue weighted by atomic mass is 10.1. The van der Waals surface area contributed by atoms with Crippen molar-refractivity contribution in [2.24, 2.45) is 5.10 Å². The molecule has 0 aliphatic rings. The molecule has 1 amide bonds. The van der Waals surface area contributed by atoms with E-state index in [1.54, 1.807) is 24.3 Å². The molecule has 158 valence electrons. The number of nitro groups is 1. The Labute approximate surface area is 184 Å². The summed E-state index contributed by atoms with van der Waals surface area (Å²) in [6.07, 6.45) is 1.36. The third kappa shape index (κ3) is 4.96. The molecule has 4 aromatic carbocycles. The normalized spacial score (nSPS) is 10.9. The molecular formula is C25H19N3O4. The highest BCUT2D eigenvalue weighted by atomic mass is 16.6. The molecule has 4 rings (SSSR count). The van der Waals surface area contributed by atoms with Crippen molar-refractivity contribution in [3.05, 3.63) is 118 Å². The van der Waals surface area contributed by atoms with E-state index >= 15 is 0 Å². The van der Waals surface area contributed by atoms with Crippen LogP contribution in [0.3, 0.4) is 0 Å². The summed E-state index contributed by atoms with van der Waals surface area (Å²) in [6.45, 7) is 0.376. The van der Waals surface area contributed by atoms with Crippen molar-refractivity contribution < 1.29 is 14.5 Å². The van der Waals surface area contributed by atoms with Gasteiger partial charge in [0.15, 0.2) is 0 Å². The molecule has 0 bridgehead atoms. The van der Waals surface area contributed by atoms with E-state index in [2.05, 4.69) is 10.5 Å². The van der Waals surface area contributed by atoms with Crippen molar-refractivity contribution in [2.75, 3.05) is 0 Å². The first-order valence-corrected chi connectivity index (χ1v) is 9.87. The van der Waals surface area contributed by atoms with Crippen LogP contribution in [0.4, 0.5) is 5.69 Å². The molecule has 0 aliphatic heterocycles. The Hall–Kier alpha value is -4.52. The molecule has 7 nitrogen and oxygen atoms in total. The smallest absolute Gasteiger partial charge is 0.271 e. The fourth-order valence-corrected chi connectivity index (χ4v) is 3.18. The number of ether oxygens (including phenoxy) is 1. The quantitative estimate of drug-likeness (QED) is 0.253. The Morgan fingerprint density at radius 2 is 1.72 bits per heavy atom. The van der Waals surface area contributed by atoms with Gasteiger partial charge in [-0.15, -0.1) is 0 Å². The highest BCUT2D eigenvalue weighted by molar-refractivity contribution is 5.95. The molecule has 0 saturated carbocycles. The molecule has 1 N–H and O–H groups in total. The Bertz CT molecular complexity index is 1290. The van der Waals surface area contributed by atoms with Crippen LogP contribution in [0.15, 0.2) is 96.1 Å². The van der Waals surface area contributed by atoms with Gasteiger partial charge in [0.1, 0.15) is 12.4 Å². The lowest BCUT2D eigenvalue weighted by molar-refractivity contribution is -0.384. The first-order valence-electron chi connectivity index (χ1n) is 9.87. The second-order valence-corrected chi connectivity index (χ2v) is 7.01. The zero-order valence-corrected chi connectivity index (χ0v) is 17.0. The fraction of sp³-hybridized carbons (Fsp3) is 0.0400. The van der Waals surface area contributed by atoms with Crippen LogP contribution in [-0.2, 0) is 6.61 Å². The van der Waals surface area contributed by atoms with Gasteiger partial charge in [-0.3, -0.25) is 14.9 Å². The molecule has 0 atom stereocenters. The standard InChI is InChI=1S/C25H19N3O4/c29-25(27-26-16-19-5-3-8-22(15-19)28(30)31)21-13-11-18(12-14-21)17-32-24-10-4-7-20-6-1-2-9-23(20)24/h1-16H,17H2,(H,27,29). The number of nitrogens with zero attached hydrogens (tertiary/aromatic N) is 2. The molecule has 4 aromatic rings. The second kappa shape index (κ2) is 9.53. The van der Waals surface area contributed by atoms with Crippen LogP contribution in [0.25, 0.3) is 10.8 Å². The number of hydrogen-bond donors (Lipinski definition) is 1. The second-order valence-electron chi connectivity index (χ2n) is 7.01. The lowest BCUT2D eigenvalue weighted by Gasteiger charge is -2.10. The molecule has 0 radical (unpaired) electrons. The van der Waals surface area contributed by atoms with Crippen molar-refractivity contribution in [3.63, 3.8) is 0 Å². The lowest BCUT2D eigenvalue weighted by Crippen LogP contribution is -2.17. The van der Waals surface area contributed by atoms with Gasteiger partial charge >= 0.3 is 0 Å². The number of benzene rings is 4. The number of carbonyl (C=O) groups excluding carboxylic acids is 1. The molecule has 0 heterocycles. The number of non-ortho nitro benzene ring substituents is 1. The molecule has 0 aromatic heterocycles. The van der Waals surface area contributed by atoms with Crippen LogP contribution >= 0.6 is 0 Å². The van der Waals surface area contributed by atoms with E-state index in [1.807, 2.05) is 54.6 Å². The molecule has 0 unspecified atom stereocenters. The first-order chi connectivity index (χ1) is 15.6. The van der Waals surface area contributed by atoms with Gasteiger partial charge in [0, 0.05) is 28.6 Å². The topological polar surface area (TPSA) is 93.8 Å². The number of amides is 1. The van der Waals surface area contributed by atoms with Gasteiger partial charge in [-0.1, -0.05) is 60.7 Å². The van der Waals surface area contributed by atoms with Crippen molar-refractivity contribution in [3.8, 4) is 5.75 Å². The third-order valence-corrected chi connectivity index (χ3v) is 4.82. The minimum absolute atomic E-state index is 0.0402. The predicted molar refractivity (Wildman–Crippen MR) is 123 cm³/mol. The number of fused-ring (bicyclic) bond motifs is 1. The van der Waals surface area contributed by atoms with Gasteiger partial charge in [-0.05, 0) is 29.1 Å². The molecule has 32 heavy (non-hydrogen) atoms. The Kier molecular flexibility index (Phi) is 6.17. The van der Waals surface area contributed by atoms with Crippen LogP contribution in [0, 0.1) is 10.1 Å². The van der Waals surface area contributed by atoms with Crippen molar-refractivity contribution in [1.29, 1.82) is 0 Å². The molecular weight excluding hydrogens is 406 g/mol. The van der Waals surface area contributed by atoms with Crippen molar-refractivity contribution in [1.82, 2.24) is 5.43 Å². The number of hydrogen-bond acceptors (Lipinski definition) is 5. The van der Waals surface area contributed by atoms with E-state index in [4.69, 9.17) is 4.74 Å². The summed E-state index contributed by atoms with van der Waals surface area (Å²) < 4.78 is 5.97. The summed E-state index contributed by atoms with van der Waals surface area (Å²) in [4.78, 5) is 22.6. The van der Waals surface area contributed by atoms with Crippen LogP contribution in [0.1, 0.15) is 21.5 Å². The summed E-state index contributed by atoms with van der Waals surface area (Å²) in [7, 11) is 0. The van der Waals surface area contributed by atoms with E-state index in [-0.39, 0.29) is 11.6 Å². The van der Waals surface area contributed by atoms with E-state index in [1.165, 1.54) is 18.3 Å². The van der Waals surface area contributed by atoms with Crippen LogP contribution < -0.4 is 10.2 Å². The van der Waals surface area contributed by atoms with Crippen LogP contribution in [0.5, 0.6) is 5.75 Å². The zero-order valence-electron chi connectivity index (χ0n) is 17.0. The van der Waals surface area contributed by atoms with Crippen molar-refractivity contribution >= 4 is 28.6 Å². The molecule has 0 fully saturated rings. The van der Waals surface area contributed by atoms with Crippen LogP contribution in [0.2, 0.25) is 0 Å². The Balaban J connectivity index is 1.35. The first kappa shape index (κ1) is 20.7. The summed E-state index contributed by atoms with van der Waals surface area (Å²) in [5.41, 5.74) is 4.26. The van der Waals surface area contributed by atoms with E-state index < -0.39 is 4.92 Å². The maximum absolute atomic E-state index is 12.3. The van der Waals surface area contributed by atoms with Gasteiger partial charge in [0.25, 0.3) is 11.6 Å². The average Bonchev–Trinajstić information content (AvgIpc) is 2.83. The Morgan fingerprint density at radius 1 is 0.969 bits per heavy atom.